The van der Waals surface area contributed by atoms with Gasteiger partial charge in [0, 0.05) is 11.8 Å². The number of hydrogen-bond donors (Lipinski definition) is 1. The van der Waals surface area contributed by atoms with Crippen molar-refractivity contribution >= 4 is 17.9 Å². The summed E-state index contributed by atoms with van der Waals surface area (Å²) < 4.78 is 4.99. The molecule has 0 saturated carbocycles. The maximum atomic E-state index is 11.4. The first-order valence-electron chi connectivity index (χ1n) is 5.47. The predicted molar refractivity (Wildman–Crippen MR) is 59.0 cm³/mol. The van der Waals surface area contributed by atoms with Crippen LogP contribution in [-0.2, 0) is 4.74 Å². The summed E-state index contributed by atoms with van der Waals surface area (Å²) in [7, 11) is 0. The number of carbonyl (C=O) groups is 1. The molecule has 5 heteroatoms. The second-order valence-corrected chi connectivity index (χ2v) is 5.49. The average Bonchev–Trinajstić information content (AvgIpc) is 2.61. The van der Waals surface area contributed by atoms with Gasteiger partial charge in [0.25, 0.3) is 0 Å². The van der Waals surface area contributed by atoms with Gasteiger partial charge in [0.15, 0.2) is 0 Å². The summed E-state index contributed by atoms with van der Waals surface area (Å²) in [5.41, 5.74) is 0. The zero-order chi connectivity index (χ0) is 10.7. The summed E-state index contributed by atoms with van der Waals surface area (Å²) in [6, 6.07) is 0. The highest BCUT2D eigenvalue weighted by Crippen LogP contribution is 2.26. The van der Waals surface area contributed by atoms with Gasteiger partial charge in [0.1, 0.15) is 6.10 Å². The zero-order valence-corrected chi connectivity index (χ0v) is 9.54. The molecule has 4 nitrogen and oxygen atoms in total. The summed E-state index contributed by atoms with van der Waals surface area (Å²) in [6.07, 6.45) is 3.18. The maximum Gasteiger partial charge on any atom is 0.410 e. The lowest BCUT2D eigenvalue weighted by Gasteiger charge is -2.24. The van der Waals surface area contributed by atoms with E-state index in [0.29, 0.717) is 11.8 Å². The van der Waals surface area contributed by atoms with Crippen LogP contribution in [0.2, 0.25) is 0 Å². The van der Waals surface area contributed by atoms with E-state index in [1.54, 1.807) is 4.90 Å². The van der Waals surface area contributed by atoms with Crippen LogP contribution < -0.4 is 0 Å². The van der Waals surface area contributed by atoms with Crippen molar-refractivity contribution in [1.29, 1.82) is 0 Å². The molecule has 0 aromatic rings. The maximum absolute atomic E-state index is 11.4. The van der Waals surface area contributed by atoms with Crippen LogP contribution in [0.3, 0.4) is 0 Å². The lowest BCUT2D eigenvalue weighted by Crippen LogP contribution is -2.33. The third kappa shape index (κ3) is 2.78. The fraction of sp³-hybridized carbons (Fsp3) is 0.900. The first kappa shape index (κ1) is 11.1. The van der Waals surface area contributed by atoms with Gasteiger partial charge in [0.05, 0.1) is 13.2 Å². The number of aliphatic hydroxyl groups excluding tert-OH is 1. The average molecular weight is 231 g/mol. The van der Waals surface area contributed by atoms with Crippen LogP contribution in [0.4, 0.5) is 4.79 Å². The summed E-state index contributed by atoms with van der Waals surface area (Å²) in [5, 5.41) is 9.46. The zero-order valence-electron chi connectivity index (χ0n) is 8.72. The quantitative estimate of drug-likeness (QED) is 0.790. The molecule has 2 atom stereocenters. The molecule has 2 aliphatic rings. The minimum absolute atomic E-state index is 0.0694. The largest absolute Gasteiger partial charge is 0.442 e. The number of ether oxygens (including phenoxy) is 1. The second kappa shape index (κ2) is 5.07. The first-order valence-corrected chi connectivity index (χ1v) is 6.52. The van der Waals surface area contributed by atoms with Crippen molar-refractivity contribution in [3.63, 3.8) is 0 Å². The van der Waals surface area contributed by atoms with E-state index in [1.807, 2.05) is 11.8 Å². The van der Waals surface area contributed by atoms with E-state index in [2.05, 4.69) is 0 Å². The molecule has 1 unspecified atom stereocenters. The van der Waals surface area contributed by atoms with Gasteiger partial charge >= 0.3 is 6.09 Å². The van der Waals surface area contributed by atoms with Crippen molar-refractivity contribution in [2.45, 2.75) is 30.6 Å². The third-order valence-electron chi connectivity index (χ3n) is 2.85. The summed E-state index contributed by atoms with van der Waals surface area (Å²) in [5.74, 6) is 1.21. The van der Waals surface area contributed by atoms with Crippen LogP contribution >= 0.6 is 11.8 Å². The Hall–Kier alpha value is -0.420. The van der Waals surface area contributed by atoms with E-state index in [4.69, 9.17) is 9.84 Å². The van der Waals surface area contributed by atoms with Crippen LogP contribution in [-0.4, -0.2) is 52.9 Å². The molecule has 15 heavy (non-hydrogen) atoms. The van der Waals surface area contributed by atoms with Crippen molar-refractivity contribution in [2.75, 3.05) is 25.4 Å². The first-order chi connectivity index (χ1) is 7.29. The number of amides is 1. The minimum atomic E-state index is -0.314. The highest BCUT2D eigenvalue weighted by molar-refractivity contribution is 7.99. The normalized spacial score (nSPS) is 31.8. The molecule has 0 spiro atoms. The van der Waals surface area contributed by atoms with Crippen LogP contribution in [0.1, 0.15) is 19.3 Å². The topological polar surface area (TPSA) is 49.8 Å². The van der Waals surface area contributed by atoms with Gasteiger partial charge in [0.2, 0.25) is 0 Å². The molecule has 1 amide bonds. The van der Waals surface area contributed by atoms with E-state index < -0.39 is 0 Å². The Kier molecular flexibility index (Phi) is 3.75. The van der Waals surface area contributed by atoms with E-state index >= 15 is 0 Å². The standard InChI is InChI=1S/C10H17NO3S/c12-7-8-5-11(10(13)14-8)6-9-3-1-2-4-15-9/h8-9,12H,1-7H2/t8-,9?/m1/s1. The van der Waals surface area contributed by atoms with Gasteiger partial charge in [-0.25, -0.2) is 4.79 Å². The van der Waals surface area contributed by atoms with Crippen molar-refractivity contribution in [3.05, 3.63) is 0 Å². The highest BCUT2D eigenvalue weighted by Gasteiger charge is 2.32. The van der Waals surface area contributed by atoms with E-state index in [9.17, 15) is 4.79 Å². The van der Waals surface area contributed by atoms with E-state index in [1.165, 1.54) is 25.0 Å². The fourth-order valence-electron chi connectivity index (χ4n) is 2.02. The molecule has 2 saturated heterocycles. The van der Waals surface area contributed by atoms with E-state index in [-0.39, 0.29) is 18.8 Å². The molecule has 0 aliphatic carbocycles. The van der Waals surface area contributed by atoms with Crippen molar-refractivity contribution in [1.82, 2.24) is 4.90 Å². The molecule has 86 valence electrons. The minimum Gasteiger partial charge on any atom is -0.442 e. The monoisotopic (exact) mass is 231 g/mol. The van der Waals surface area contributed by atoms with Crippen LogP contribution in [0.5, 0.6) is 0 Å². The van der Waals surface area contributed by atoms with Crippen molar-refractivity contribution in [3.8, 4) is 0 Å². The van der Waals surface area contributed by atoms with E-state index in [0.717, 1.165) is 6.54 Å². The number of thioether (sulfide) groups is 1. The number of aliphatic hydroxyl groups is 1. The van der Waals surface area contributed by atoms with Crippen LogP contribution in [0.15, 0.2) is 0 Å². The summed E-state index contributed by atoms with van der Waals surface area (Å²) in [4.78, 5) is 13.1. The Balaban J connectivity index is 1.81. The molecular weight excluding hydrogens is 214 g/mol. The highest BCUT2D eigenvalue weighted by atomic mass is 32.2. The number of rotatable bonds is 3. The smallest absolute Gasteiger partial charge is 0.410 e. The molecule has 2 heterocycles. The SMILES string of the molecule is O=C1O[C@@H](CO)CN1CC1CCCCS1. The summed E-state index contributed by atoms with van der Waals surface area (Å²) in [6.45, 7) is 1.26. The van der Waals surface area contributed by atoms with Gasteiger partial charge in [-0.05, 0) is 18.6 Å². The number of nitrogens with zero attached hydrogens (tertiary/aromatic N) is 1. The Morgan fingerprint density at radius 3 is 3.00 bits per heavy atom. The predicted octanol–water partition coefficient (Wildman–Crippen LogP) is 1.09. The molecule has 0 aromatic carbocycles. The lowest BCUT2D eigenvalue weighted by atomic mass is 10.2. The summed E-state index contributed by atoms with van der Waals surface area (Å²) >= 11 is 1.95. The Morgan fingerprint density at radius 1 is 1.53 bits per heavy atom. The molecule has 2 aliphatic heterocycles. The van der Waals surface area contributed by atoms with Crippen LogP contribution in [0, 0.1) is 0 Å². The number of carbonyl (C=O) groups excluding carboxylic acids is 1. The Labute approximate surface area is 94.0 Å². The lowest BCUT2D eigenvalue weighted by molar-refractivity contribution is 0.0947. The van der Waals surface area contributed by atoms with Gasteiger partial charge in [-0.3, -0.25) is 0 Å². The number of cyclic esters (lactones) is 1. The van der Waals surface area contributed by atoms with Crippen LogP contribution in [0.25, 0.3) is 0 Å². The van der Waals surface area contributed by atoms with Gasteiger partial charge in [-0.1, -0.05) is 6.42 Å². The molecule has 0 aromatic heterocycles. The van der Waals surface area contributed by atoms with Crippen molar-refractivity contribution in [2.24, 2.45) is 0 Å². The third-order valence-corrected chi connectivity index (χ3v) is 4.23. The van der Waals surface area contributed by atoms with Gasteiger partial charge in [-0.15, -0.1) is 0 Å². The second-order valence-electron chi connectivity index (χ2n) is 4.08. The van der Waals surface area contributed by atoms with Crippen molar-refractivity contribution < 1.29 is 14.6 Å². The Morgan fingerprint density at radius 2 is 2.40 bits per heavy atom. The number of hydrogen-bond acceptors (Lipinski definition) is 4. The molecule has 0 radical (unpaired) electrons. The Bertz CT molecular complexity index is 231. The van der Waals surface area contributed by atoms with Gasteiger partial charge in [-0.2, -0.15) is 11.8 Å². The fourth-order valence-corrected chi connectivity index (χ4v) is 3.34. The van der Waals surface area contributed by atoms with Gasteiger partial charge < -0.3 is 14.7 Å². The molecule has 2 fully saturated rings. The molecule has 0 bridgehead atoms. The molecular formula is C10H17NO3S. The molecule has 1 N–H and O–H groups in total. The molecule has 2 rings (SSSR count).